The highest BCUT2D eigenvalue weighted by Crippen LogP contribution is 2.67. The van der Waals surface area contributed by atoms with Crippen LogP contribution >= 0.6 is 0 Å². The molecule has 33 heavy (non-hydrogen) atoms. The lowest BCUT2D eigenvalue weighted by molar-refractivity contribution is -0.132. The summed E-state index contributed by atoms with van der Waals surface area (Å²) >= 11 is 0. The smallest absolute Gasteiger partial charge is 0.229 e. The number of para-hydroxylation sites is 1. The van der Waals surface area contributed by atoms with Crippen LogP contribution < -0.4 is 15.4 Å². The molecule has 10 nitrogen and oxygen atoms in total. The van der Waals surface area contributed by atoms with Crippen LogP contribution in [0.5, 0.6) is 5.75 Å². The van der Waals surface area contributed by atoms with E-state index in [0.29, 0.717) is 34.7 Å². The number of anilines is 1. The van der Waals surface area contributed by atoms with Crippen LogP contribution in [0.2, 0.25) is 0 Å². The van der Waals surface area contributed by atoms with Crippen molar-refractivity contribution in [1.82, 2.24) is 24.8 Å². The normalized spacial score (nSPS) is 27.4. The van der Waals surface area contributed by atoms with Gasteiger partial charge in [0.05, 0.1) is 36.6 Å². The van der Waals surface area contributed by atoms with E-state index in [-0.39, 0.29) is 17.6 Å². The molecule has 2 saturated carbocycles. The minimum atomic E-state index is -1.17. The molecular weight excluding hydrogens is 424 g/mol. The lowest BCUT2D eigenvalue weighted by Crippen LogP contribution is -2.41. The number of carbonyl (C=O) groups is 1. The summed E-state index contributed by atoms with van der Waals surface area (Å²) < 4.78 is 7.07. The third kappa shape index (κ3) is 3.04. The molecule has 2 fully saturated rings. The summed E-state index contributed by atoms with van der Waals surface area (Å²) in [5.41, 5.74) is 0.696. The molecule has 5 atom stereocenters. The minimum Gasteiger partial charge on any atom is -0.495 e. The van der Waals surface area contributed by atoms with Crippen LogP contribution in [0.1, 0.15) is 23.9 Å². The highest BCUT2D eigenvalue weighted by Gasteiger charge is 2.75. The first kappa shape index (κ1) is 21.2. The third-order valence-corrected chi connectivity index (χ3v) is 6.72. The number of imidazole rings is 1. The number of aliphatic hydroxyl groups is 2. The van der Waals surface area contributed by atoms with Gasteiger partial charge in [0, 0.05) is 20.0 Å². The second kappa shape index (κ2) is 7.72. The van der Waals surface area contributed by atoms with Crippen LogP contribution in [-0.2, 0) is 4.79 Å². The van der Waals surface area contributed by atoms with Gasteiger partial charge in [-0.2, -0.15) is 0 Å². The first-order valence-electron chi connectivity index (χ1n) is 10.6. The minimum absolute atomic E-state index is 0.226. The Morgan fingerprint density at radius 1 is 1.24 bits per heavy atom. The molecule has 0 unspecified atom stereocenters. The van der Waals surface area contributed by atoms with Crippen LogP contribution in [0.25, 0.3) is 11.2 Å². The summed E-state index contributed by atoms with van der Waals surface area (Å²) in [7, 11) is 4.84. The molecule has 5 rings (SSSR count). The van der Waals surface area contributed by atoms with Gasteiger partial charge in [-0.1, -0.05) is 18.1 Å². The van der Waals surface area contributed by atoms with E-state index in [0.717, 1.165) is 0 Å². The standard InChI is InChI=1S/C23H24N6O4/c1-24-20-16-21(28-15(27-20)9-8-12-6-4-5-7-14(12)33-3)29(11-26-16)17-13-10-23(13,22(32)25-2)19(31)18(17)30/h4-7,11,13,17-19,30-31H,10H2,1-3H3,(H,25,32)(H,24,27,28)/t13-,17-,18+,19+,23+/m1/s1. The number of fused-ring (bicyclic) bond motifs is 2. The third-order valence-electron chi connectivity index (χ3n) is 6.72. The van der Waals surface area contributed by atoms with Crippen LogP contribution in [0, 0.1) is 23.2 Å². The summed E-state index contributed by atoms with van der Waals surface area (Å²) in [6.07, 6.45) is -0.245. The molecule has 0 spiro atoms. The monoisotopic (exact) mass is 448 g/mol. The molecule has 0 aliphatic heterocycles. The number of rotatable bonds is 4. The molecule has 2 aliphatic rings. The van der Waals surface area contributed by atoms with E-state index in [4.69, 9.17) is 4.74 Å². The van der Waals surface area contributed by atoms with Gasteiger partial charge < -0.3 is 30.2 Å². The van der Waals surface area contributed by atoms with Gasteiger partial charge in [-0.15, -0.1) is 0 Å². The number of aliphatic hydroxyl groups excluding tert-OH is 2. The number of nitrogens with zero attached hydrogens (tertiary/aromatic N) is 4. The van der Waals surface area contributed by atoms with Crippen LogP contribution in [0.15, 0.2) is 30.6 Å². The number of methoxy groups -OCH3 is 1. The Labute approximate surface area is 190 Å². The summed E-state index contributed by atoms with van der Waals surface area (Å²) in [4.78, 5) is 26.0. The number of amides is 1. The molecule has 2 heterocycles. The molecule has 3 aromatic rings. The summed E-state index contributed by atoms with van der Waals surface area (Å²) in [5, 5.41) is 27.1. The van der Waals surface area contributed by atoms with E-state index in [9.17, 15) is 15.0 Å². The van der Waals surface area contributed by atoms with E-state index < -0.39 is 23.7 Å². The van der Waals surface area contributed by atoms with Crippen molar-refractivity contribution in [3.05, 3.63) is 42.0 Å². The number of benzene rings is 1. The van der Waals surface area contributed by atoms with Crippen molar-refractivity contribution in [2.24, 2.45) is 11.3 Å². The fourth-order valence-corrected chi connectivity index (χ4v) is 5.02. The SMILES string of the molecule is CNC(=O)[C@@]12C[C@@H]1[C@@H](n1cnc3c(NC)nc(C#Cc4ccccc4OC)nc31)[C@H](O)[C@@H]2O. The van der Waals surface area contributed by atoms with E-state index in [1.165, 1.54) is 7.05 Å². The van der Waals surface area contributed by atoms with E-state index in [2.05, 4.69) is 37.4 Å². The number of hydrogen-bond donors (Lipinski definition) is 4. The Morgan fingerprint density at radius 2 is 2.03 bits per heavy atom. The second-order valence-corrected chi connectivity index (χ2v) is 8.28. The Morgan fingerprint density at radius 3 is 2.76 bits per heavy atom. The zero-order valence-corrected chi connectivity index (χ0v) is 18.4. The number of nitrogens with one attached hydrogen (secondary N) is 2. The molecule has 1 amide bonds. The van der Waals surface area contributed by atoms with Crippen molar-refractivity contribution >= 4 is 22.9 Å². The number of carbonyl (C=O) groups excluding carboxylic acids is 1. The highest BCUT2D eigenvalue weighted by atomic mass is 16.5. The Kier molecular flexibility index (Phi) is 4.96. The largest absolute Gasteiger partial charge is 0.495 e. The fraction of sp³-hybridized carbons (Fsp3) is 0.391. The van der Waals surface area contributed by atoms with E-state index >= 15 is 0 Å². The maximum absolute atomic E-state index is 12.5. The summed E-state index contributed by atoms with van der Waals surface area (Å²) in [6.45, 7) is 0. The lowest BCUT2D eigenvalue weighted by atomic mass is 9.98. The number of aromatic nitrogens is 4. The van der Waals surface area contributed by atoms with Crippen molar-refractivity contribution in [3.63, 3.8) is 0 Å². The molecule has 0 bridgehead atoms. The molecule has 0 radical (unpaired) electrons. The summed E-state index contributed by atoms with van der Waals surface area (Å²) in [5.74, 6) is 6.93. The van der Waals surface area contributed by atoms with Gasteiger partial charge in [0.25, 0.3) is 0 Å². The number of ether oxygens (including phenoxy) is 1. The number of hydrogen-bond acceptors (Lipinski definition) is 8. The van der Waals surface area contributed by atoms with Crippen molar-refractivity contribution in [1.29, 1.82) is 0 Å². The maximum Gasteiger partial charge on any atom is 0.229 e. The Balaban J connectivity index is 1.58. The van der Waals surface area contributed by atoms with Crippen LogP contribution in [0.4, 0.5) is 5.82 Å². The first-order chi connectivity index (χ1) is 16.0. The van der Waals surface area contributed by atoms with Gasteiger partial charge >= 0.3 is 0 Å². The van der Waals surface area contributed by atoms with E-state index in [1.807, 2.05) is 24.3 Å². The van der Waals surface area contributed by atoms with Gasteiger partial charge in [0.15, 0.2) is 17.0 Å². The fourth-order valence-electron chi connectivity index (χ4n) is 5.02. The zero-order chi connectivity index (χ0) is 23.3. The predicted octanol–water partition coefficient (Wildman–Crippen LogP) is 0.305. The van der Waals surface area contributed by atoms with Gasteiger partial charge in [0.2, 0.25) is 11.7 Å². The van der Waals surface area contributed by atoms with E-state index in [1.54, 1.807) is 25.1 Å². The Hall–Kier alpha value is -3.68. The van der Waals surface area contributed by atoms with Gasteiger partial charge in [-0.3, -0.25) is 4.79 Å². The summed E-state index contributed by atoms with van der Waals surface area (Å²) in [6, 6.07) is 6.85. The van der Waals surface area contributed by atoms with Gasteiger partial charge in [-0.05, 0) is 24.5 Å². The molecule has 2 aliphatic carbocycles. The maximum atomic E-state index is 12.5. The van der Waals surface area contributed by atoms with Crippen molar-refractivity contribution in [2.75, 3.05) is 26.5 Å². The van der Waals surface area contributed by atoms with Gasteiger partial charge in [-0.25, -0.2) is 15.0 Å². The quantitative estimate of drug-likeness (QED) is 0.419. The van der Waals surface area contributed by atoms with Gasteiger partial charge in [0.1, 0.15) is 11.9 Å². The van der Waals surface area contributed by atoms with Crippen LogP contribution in [-0.4, -0.2) is 69.1 Å². The lowest BCUT2D eigenvalue weighted by Gasteiger charge is -2.23. The zero-order valence-electron chi connectivity index (χ0n) is 18.4. The molecule has 0 saturated heterocycles. The average Bonchev–Trinajstić information content (AvgIpc) is 3.38. The van der Waals surface area contributed by atoms with Crippen molar-refractivity contribution < 1.29 is 19.7 Å². The molecule has 10 heteroatoms. The average molecular weight is 448 g/mol. The van der Waals surface area contributed by atoms with Crippen LogP contribution in [0.3, 0.4) is 0 Å². The van der Waals surface area contributed by atoms with Crippen molar-refractivity contribution in [2.45, 2.75) is 24.7 Å². The second-order valence-electron chi connectivity index (χ2n) is 8.28. The Bertz CT molecular complexity index is 1310. The molecule has 170 valence electrons. The first-order valence-corrected chi connectivity index (χ1v) is 10.6. The highest BCUT2D eigenvalue weighted by molar-refractivity contribution is 5.88. The molecular formula is C23H24N6O4. The predicted molar refractivity (Wildman–Crippen MR) is 120 cm³/mol. The topological polar surface area (TPSA) is 134 Å². The van der Waals surface area contributed by atoms with Crippen molar-refractivity contribution in [3.8, 4) is 17.6 Å². The molecule has 2 aromatic heterocycles. The molecule has 1 aromatic carbocycles. The molecule has 4 N–H and O–H groups in total.